The molecule has 182 valence electrons. The fourth-order valence-corrected chi connectivity index (χ4v) is 3.90. The molecular weight excluding hydrogens is 443 g/mol. The molecule has 1 aromatic heterocycles. The SMILES string of the molecule is Cc1nccc(-c2ccc(C(C)N3CCC(CC(C)(C)C#N)OC3=O)cc2)n1.Fc1ccccc1. The first-order valence-corrected chi connectivity index (χ1v) is 11.7. The van der Waals surface area contributed by atoms with Crippen molar-refractivity contribution in [1.82, 2.24) is 14.9 Å². The molecule has 0 N–H and O–H groups in total. The third-order valence-electron chi connectivity index (χ3n) is 5.90. The number of cyclic esters (lactones) is 1. The number of carbonyl (C=O) groups excluding carboxylic acids is 1. The van der Waals surface area contributed by atoms with Gasteiger partial charge >= 0.3 is 6.09 Å². The topological polar surface area (TPSA) is 79.1 Å². The molecule has 0 saturated carbocycles. The van der Waals surface area contributed by atoms with Crippen LogP contribution in [0.4, 0.5) is 9.18 Å². The first kappa shape index (κ1) is 25.8. The minimum absolute atomic E-state index is 0.0846. The van der Waals surface area contributed by atoms with Gasteiger partial charge in [-0.3, -0.25) is 0 Å². The lowest BCUT2D eigenvalue weighted by atomic mass is 9.87. The monoisotopic (exact) mass is 474 g/mol. The van der Waals surface area contributed by atoms with Gasteiger partial charge in [-0.25, -0.2) is 19.2 Å². The van der Waals surface area contributed by atoms with E-state index in [4.69, 9.17) is 4.74 Å². The van der Waals surface area contributed by atoms with Crippen molar-refractivity contribution >= 4 is 6.09 Å². The van der Waals surface area contributed by atoms with Crippen molar-refractivity contribution in [1.29, 1.82) is 5.26 Å². The second-order valence-electron chi connectivity index (χ2n) is 9.27. The van der Waals surface area contributed by atoms with Gasteiger partial charge in [-0.05, 0) is 51.5 Å². The number of ether oxygens (including phenoxy) is 1. The number of rotatable bonds is 5. The van der Waals surface area contributed by atoms with Crippen molar-refractivity contribution in [3.05, 3.63) is 84.1 Å². The predicted molar refractivity (Wildman–Crippen MR) is 133 cm³/mol. The molecule has 1 saturated heterocycles. The first-order chi connectivity index (χ1) is 16.7. The third-order valence-corrected chi connectivity index (χ3v) is 5.90. The van der Waals surface area contributed by atoms with Crippen LogP contribution in [0.5, 0.6) is 0 Å². The van der Waals surface area contributed by atoms with E-state index < -0.39 is 5.41 Å². The molecule has 4 rings (SSSR count). The summed E-state index contributed by atoms with van der Waals surface area (Å²) in [6.07, 6.45) is 2.54. The van der Waals surface area contributed by atoms with Gasteiger partial charge < -0.3 is 9.64 Å². The van der Waals surface area contributed by atoms with Gasteiger partial charge in [0.1, 0.15) is 17.7 Å². The van der Waals surface area contributed by atoms with Crippen molar-refractivity contribution in [2.75, 3.05) is 6.54 Å². The molecule has 0 spiro atoms. The molecule has 2 aromatic carbocycles. The van der Waals surface area contributed by atoms with E-state index in [1.54, 1.807) is 29.3 Å². The van der Waals surface area contributed by atoms with Crippen molar-refractivity contribution in [2.24, 2.45) is 5.41 Å². The smallest absolute Gasteiger partial charge is 0.410 e. The average molecular weight is 475 g/mol. The molecule has 3 aromatic rings. The number of hydrogen-bond acceptors (Lipinski definition) is 5. The molecule has 0 bridgehead atoms. The molecule has 0 radical (unpaired) electrons. The summed E-state index contributed by atoms with van der Waals surface area (Å²) >= 11 is 0. The zero-order valence-corrected chi connectivity index (χ0v) is 20.6. The van der Waals surface area contributed by atoms with Gasteiger partial charge in [0.05, 0.1) is 23.2 Å². The lowest BCUT2D eigenvalue weighted by Gasteiger charge is -2.37. The van der Waals surface area contributed by atoms with Crippen molar-refractivity contribution < 1.29 is 13.9 Å². The predicted octanol–water partition coefficient (Wildman–Crippen LogP) is 6.49. The van der Waals surface area contributed by atoms with Crippen LogP contribution in [-0.4, -0.2) is 33.6 Å². The zero-order chi connectivity index (χ0) is 25.4. The number of amides is 1. The highest BCUT2D eigenvalue weighted by molar-refractivity contribution is 5.69. The maximum absolute atomic E-state index is 12.5. The van der Waals surface area contributed by atoms with Crippen LogP contribution < -0.4 is 0 Å². The molecule has 7 heteroatoms. The largest absolute Gasteiger partial charge is 0.446 e. The Labute approximate surface area is 206 Å². The fraction of sp³-hybridized carbons (Fsp3) is 0.357. The maximum Gasteiger partial charge on any atom is 0.410 e. The van der Waals surface area contributed by atoms with Gasteiger partial charge in [-0.2, -0.15) is 5.26 Å². The Balaban J connectivity index is 0.000000420. The second-order valence-corrected chi connectivity index (χ2v) is 9.27. The minimum atomic E-state index is -0.492. The van der Waals surface area contributed by atoms with E-state index >= 15 is 0 Å². The summed E-state index contributed by atoms with van der Waals surface area (Å²) in [6.45, 7) is 8.24. The van der Waals surface area contributed by atoms with Crippen LogP contribution in [0.3, 0.4) is 0 Å². The first-order valence-electron chi connectivity index (χ1n) is 11.7. The summed E-state index contributed by atoms with van der Waals surface area (Å²) in [5.74, 6) is 0.558. The van der Waals surface area contributed by atoms with Crippen LogP contribution in [0.15, 0.2) is 66.9 Å². The third kappa shape index (κ3) is 7.35. The molecule has 35 heavy (non-hydrogen) atoms. The fourth-order valence-electron chi connectivity index (χ4n) is 3.90. The normalized spacial score (nSPS) is 16.4. The van der Waals surface area contributed by atoms with Crippen LogP contribution in [-0.2, 0) is 4.74 Å². The summed E-state index contributed by atoms with van der Waals surface area (Å²) in [6, 6.07) is 20.1. The number of carbonyl (C=O) groups is 1. The van der Waals surface area contributed by atoms with E-state index in [1.165, 1.54) is 12.1 Å². The molecular formula is C28H31FN4O2. The Bertz CT molecular complexity index is 1160. The molecule has 1 aliphatic rings. The van der Waals surface area contributed by atoms with Crippen molar-refractivity contribution in [2.45, 2.75) is 52.7 Å². The number of benzene rings is 2. The molecule has 6 nitrogen and oxygen atoms in total. The molecule has 2 heterocycles. The molecule has 1 aliphatic heterocycles. The van der Waals surface area contributed by atoms with Crippen LogP contribution in [0.2, 0.25) is 0 Å². The van der Waals surface area contributed by atoms with Crippen molar-refractivity contribution in [3.8, 4) is 17.3 Å². The highest BCUT2D eigenvalue weighted by atomic mass is 19.1. The van der Waals surface area contributed by atoms with Gasteiger partial charge in [-0.15, -0.1) is 0 Å². The Kier molecular flexibility index (Phi) is 8.53. The van der Waals surface area contributed by atoms with Crippen LogP contribution in [0.1, 0.15) is 51.0 Å². The van der Waals surface area contributed by atoms with E-state index in [1.807, 2.05) is 58.0 Å². The Morgan fingerprint density at radius 3 is 2.40 bits per heavy atom. The highest BCUT2D eigenvalue weighted by Crippen LogP contribution is 2.31. The standard InChI is InChI=1S/C22H26N4O2.C6H5F/c1-15(26-12-10-19(28-21(26)27)13-22(3,4)14-23)17-5-7-18(8-6-17)20-9-11-24-16(2)25-20;7-6-4-2-1-3-5-6/h5-9,11,15,19H,10,12-13H2,1-4H3;1-5H. The second kappa shape index (κ2) is 11.6. The molecule has 0 aliphatic carbocycles. The van der Waals surface area contributed by atoms with E-state index in [0.717, 1.165) is 29.1 Å². The maximum atomic E-state index is 12.5. The Morgan fingerprint density at radius 1 is 1.17 bits per heavy atom. The van der Waals surface area contributed by atoms with Gasteiger partial charge in [0.2, 0.25) is 0 Å². The number of aryl methyl sites for hydroxylation is 1. The van der Waals surface area contributed by atoms with Gasteiger partial charge in [0.15, 0.2) is 0 Å². The van der Waals surface area contributed by atoms with Crippen molar-refractivity contribution in [3.63, 3.8) is 0 Å². The number of nitriles is 1. The Morgan fingerprint density at radius 2 is 1.86 bits per heavy atom. The summed E-state index contributed by atoms with van der Waals surface area (Å²) in [5.41, 5.74) is 2.45. The number of nitrogens with zero attached hydrogens (tertiary/aromatic N) is 4. The number of halogens is 1. The average Bonchev–Trinajstić information content (AvgIpc) is 2.84. The van der Waals surface area contributed by atoms with Gasteiger partial charge in [-0.1, -0.05) is 42.5 Å². The van der Waals surface area contributed by atoms with E-state index in [2.05, 4.69) is 16.0 Å². The highest BCUT2D eigenvalue weighted by Gasteiger charge is 2.34. The number of aromatic nitrogens is 2. The van der Waals surface area contributed by atoms with E-state index in [0.29, 0.717) is 13.0 Å². The summed E-state index contributed by atoms with van der Waals surface area (Å²) in [5, 5.41) is 9.19. The van der Waals surface area contributed by atoms with E-state index in [9.17, 15) is 14.4 Å². The van der Waals surface area contributed by atoms with Gasteiger partial charge in [0, 0.05) is 31.1 Å². The summed E-state index contributed by atoms with van der Waals surface area (Å²) in [7, 11) is 0. The molecule has 1 fully saturated rings. The Hall–Kier alpha value is -3.79. The van der Waals surface area contributed by atoms with Crippen LogP contribution >= 0.6 is 0 Å². The van der Waals surface area contributed by atoms with Crippen LogP contribution in [0, 0.1) is 29.5 Å². The van der Waals surface area contributed by atoms with Crippen LogP contribution in [0.25, 0.3) is 11.3 Å². The molecule has 2 unspecified atom stereocenters. The quantitative estimate of drug-likeness (QED) is 0.422. The van der Waals surface area contributed by atoms with Gasteiger partial charge in [0.25, 0.3) is 0 Å². The molecule has 1 amide bonds. The lowest BCUT2D eigenvalue weighted by Crippen LogP contribution is -2.44. The summed E-state index contributed by atoms with van der Waals surface area (Å²) < 4.78 is 17.5. The minimum Gasteiger partial charge on any atom is -0.446 e. The lowest BCUT2D eigenvalue weighted by molar-refractivity contribution is 0.000797. The summed E-state index contributed by atoms with van der Waals surface area (Å²) in [4.78, 5) is 22.8. The molecule has 2 atom stereocenters. The van der Waals surface area contributed by atoms with E-state index in [-0.39, 0.29) is 24.1 Å². The zero-order valence-electron chi connectivity index (χ0n) is 20.6. The number of hydrogen-bond donors (Lipinski definition) is 0.